The largest absolute Gasteiger partial charge is 0.506 e. The van der Waals surface area contributed by atoms with Gasteiger partial charge in [0.2, 0.25) is 0 Å². The Morgan fingerprint density at radius 1 is 1.03 bits per heavy atom. The van der Waals surface area contributed by atoms with Crippen molar-refractivity contribution in [1.29, 1.82) is 0 Å². The molecular weight excluding hydrogens is 558 g/mol. The maximum atomic E-state index is 14.4. The van der Waals surface area contributed by atoms with Crippen molar-refractivity contribution >= 4 is 56.2 Å². The van der Waals surface area contributed by atoms with E-state index in [4.69, 9.17) is 23.2 Å². The number of anilines is 2. The van der Waals surface area contributed by atoms with Gasteiger partial charge in [0.1, 0.15) is 11.6 Å². The van der Waals surface area contributed by atoms with E-state index in [1.165, 1.54) is 35.1 Å². The number of amides is 2. The molecule has 0 bridgehead atoms. The summed E-state index contributed by atoms with van der Waals surface area (Å²) >= 11 is 12.0. The van der Waals surface area contributed by atoms with Crippen LogP contribution >= 0.6 is 23.2 Å². The summed E-state index contributed by atoms with van der Waals surface area (Å²) in [7, 11) is -3.80. The summed E-state index contributed by atoms with van der Waals surface area (Å²) in [6.07, 6.45) is 3.94. The number of hydrogen-bond donors (Lipinski definition) is 3. The summed E-state index contributed by atoms with van der Waals surface area (Å²) < 4.78 is 39.8. The van der Waals surface area contributed by atoms with Crippen LogP contribution in [0.2, 0.25) is 10.0 Å². The Labute approximate surface area is 226 Å². The van der Waals surface area contributed by atoms with Crippen LogP contribution in [-0.4, -0.2) is 41.4 Å². The SMILES string of the molecule is Cc1ccc(C(=O)Nc2cc(O)c(NC(=O)c3cc(Cl)c(Cl)c(S(C)(=O)=O)c3)cc2-n2cccn2)c(F)c1. The first-order chi connectivity index (χ1) is 17.8. The number of aryl methyl sites for hydroxylation is 1. The Hall–Kier alpha value is -3.93. The number of benzene rings is 3. The van der Waals surface area contributed by atoms with E-state index < -0.39 is 33.2 Å². The van der Waals surface area contributed by atoms with Crippen LogP contribution in [0.25, 0.3) is 5.69 Å². The number of nitrogens with one attached hydrogen (secondary N) is 2. The lowest BCUT2D eigenvalue weighted by atomic mass is 10.1. The first kappa shape index (κ1) is 27.1. The van der Waals surface area contributed by atoms with Gasteiger partial charge in [0.25, 0.3) is 11.8 Å². The third-order valence-corrected chi connectivity index (χ3v) is 7.42. The van der Waals surface area contributed by atoms with Gasteiger partial charge in [-0.25, -0.2) is 17.5 Å². The summed E-state index contributed by atoms with van der Waals surface area (Å²) in [5.74, 6) is -2.73. The average molecular weight is 577 g/mol. The number of aromatic hydroxyl groups is 1. The fraction of sp³-hybridized carbons (Fsp3) is 0.0800. The van der Waals surface area contributed by atoms with Crippen molar-refractivity contribution in [3.05, 3.63) is 93.5 Å². The molecule has 0 spiro atoms. The number of carbonyl (C=O) groups is 2. The zero-order valence-electron chi connectivity index (χ0n) is 19.8. The van der Waals surface area contributed by atoms with Crippen molar-refractivity contribution in [2.45, 2.75) is 11.8 Å². The third kappa shape index (κ3) is 5.64. The Bertz CT molecular complexity index is 1690. The molecule has 196 valence electrons. The second-order valence-corrected chi connectivity index (χ2v) is 11.0. The zero-order valence-corrected chi connectivity index (χ0v) is 22.1. The van der Waals surface area contributed by atoms with Crippen molar-refractivity contribution < 1.29 is 27.5 Å². The monoisotopic (exact) mass is 576 g/mol. The molecule has 0 aliphatic carbocycles. The van der Waals surface area contributed by atoms with Crippen molar-refractivity contribution in [3.63, 3.8) is 0 Å². The number of sulfone groups is 1. The van der Waals surface area contributed by atoms with Gasteiger partial charge in [0.15, 0.2) is 9.84 Å². The summed E-state index contributed by atoms with van der Waals surface area (Å²) in [6, 6.07) is 10.5. The van der Waals surface area contributed by atoms with Gasteiger partial charge in [-0.1, -0.05) is 29.3 Å². The number of aromatic nitrogens is 2. The Kier molecular flexibility index (Phi) is 7.45. The summed E-state index contributed by atoms with van der Waals surface area (Å²) in [5, 5.41) is 19.4. The van der Waals surface area contributed by atoms with Gasteiger partial charge in [-0.2, -0.15) is 5.10 Å². The smallest absolute Gasteiger partial charge is 0.258 e. The van der Waals surface area contributed by atoms with E-state index in [1.54, 1.807) is 25.3 Å². The van der Waals surface area contributed by atoms with E-state index in [2.05, 4.69) is 15.7 Å². The maximum absolute atomic E-state index is 14.4. The fourth-order valence-corrected chi connectivity index (χ4v) is 5.11. The Morgan fingerprint density at radius 3 is 2.37 bits per heavy atom. The van der Waals surface area contributed by atoms with Gasteiger partial charge in [-0.05, 0) is 48.9 Å². The molecule has 4 rings (SSSR count). The zero-order chi connectivity index (χ0) is 27.8. The van der Waals surface area contributed by atoms with Crippen molar-refractivity contribution in [1.82, 2.24) is 9.78 Å². The normalized spacial score (nSPS) is 11.3. The second kappa shape index (κ2) is 10.4. The molecule has 0 aliphatic heterocycles. The molecule has 0 radical (unpaired) electrons. The van der Waals surface area contributed by atoms with Gasteiger partial charge >= 0.3 is 0 Å². The lowest BCUT2D eigenvalue weighted by molar-refractivity contribution is 0.101. The maximum Gasteiger partial charge on any atom is 0.258 e. The molecule has 1 aromatic heterocycles. The van der Waals surface area contributed by atoms with E-state index in [0.29, 0.717) is 5.56 Å². The first-order valence-corrected chi connectivity index (χ1v) is 13.4. The molecule has 0 saturated heterocycles. The highest BCUT2D eigenvalue weighted by atomic mass is 35.5. The standard InChI is InChI=1S/C25H19Cl2FN4O5S/c1-13-4-5-15(17(28)8-13)25(35)30-18-12-21(33)19(11-20(18)32-7-3-6-29-32)31-24(34)14-9-16(26)23(27)22(10-14)38(2,36)37/h3-12,33H,1-2H3,(H,30,35)(H,31,34). The van der Waals surface area contributed by atoms with Crippen molar-refractivity contribution in [2.24, 2.45) is 0 Å². The molecule has 0 saturated carbocycles. The lowest BCUT2D eigenvalue weighted by Crippen LogP contribution is -2.17. The number of nitrogens with zero attached hydrogens (tertiary/aromatic N) is 2. The van der Waals surface area contributed by atoms with Gasteiger partial charge < -0.3 is 15.7 Å². The molecule has 0 unspecified atom stereocenters. The highest BCUT2D eigenvalue weighted by molar-refractivity contribution is 7.90. The van der Waals surface area contributed by atoms with Gasteiger partial charge in [0, 0.05) is 30.3 Å². The predicted molar refractivity (Wildman–Crippen MR) is 142 cm³/mol. The molecule has 0 atom stereocenters. The molecule has 3 aromatic carbocycles. The fourth-order valence-electron chi connectivity index (χ4n) is 3.53. The summed E-state index contributed by atoms with van der Waals surface area (Å²) in [6.45, 7) is 1.69. The number of phenolic OH excluding ortho intramolecular Hbond substituents is 1. The highest BCUT2D eigenvalue weighted by Crippen LogP contribution is 2.35. The Morgan fingerprint density at radius 2 is 1.74 bits per heavy atom. The van der Waals surface area contributed by atoms with Gasteiger partial charge in [-0.15, -0.1) is 0 Å². The van der Waals surface area contributed by atoms with Crippen LogP contribution in [0.3, 0.4) is 0 Å². The number of rotatable bonds is 6. The topological polar surface area (TPSA) is 130 Å². The minimum Gasteiger partial charge on any atom is -0.506 e. The van der Waals surface area contributed by atoms with E-state index in [-0.39, 0.29) is 43.1 Å². The van der Waals surface area contributed by atoms with Crippen LogP contribution in [-0.2, 0) is 9.84 Å². The van der Waals surface area contributed by atoms with Crippen molar-refractivity contribution in [3.8, 4) is 11.4 Å². The first-order valence-electron chi connectivity index (χ1n) is 10.8. The molecule has 3 N–H and O–H groups in total. The summed E-state index contributed by atoms with van der Waals surface area (Å²) in [4.78, 5) is 25.4. The average Bonchev–Trinajstić information content (AvgIpc) is 3.36. The van der Waals surface area contributed by atoms with Crippen LogP contribution in [0.15, 0.2) is 65.8 Å². The van der Waals surface area contributed by atoms with Crippen LogP contribution in [0.5, 0.6) is 5.75 Å². The molecule has 4 aromatic rings. The minimum atomic E-state index is -3.80. The Balaban J connectivity index is 1.71. The number of carbonyl (C=O) groups excluding carboxylic acids is 2. The number of phenols is 1. The molecule has 1 heterocycles. The molecule has 0 fully saturated rings. The van der Waals surface area contributed by atoms with E-state index in [1.807, 2.05) is 0 Å². The molecule has 0 aliphatic rings. The second-order valence-electron chi connectivity index (χ2n) is 8.27. The van der Waals surface area contributed by atoms with E-state index >= 15 is 0 Å². The van der Waals surface area contributed by atoms with Crippen LogP contribution < -0.4 is 10.6 Å². The van der Waals surface area contributed by atoms with Gasteiger partial charge in [0.05, 0.1) is 37.6 Å². The van der Waals surface area contributed by atoms with Crippen LogP contribution in [0.4, 0.5) is 15.8 Å². The lowest BCUT2D eigenvalue weighted by Gasteiger charge is -2.16. The quantitative estimate of drug-likeness (QED) is 0.269. The molecule has 9 nitrogen and oxygen atoms in total. The third-order valence-electron chi connectivity index (χ3n) is 5.39. The van der Waals surface area contributed by atoms with E-state index in [0.717, 1.165) is 18.4 Å². The molecular formula is C25H19Cl2FN4O5S. The summed E-state index contributed by atoms with van der Waals surface area (Å²) in [5.41, 5.74) is 0.511. The van der Waals surface area contributed by atoms with Crippen LogP contribution in [0, 0.1) is 12.7 Å². The molecule has 38 heavy (non-hydrogen) atoms. The minimum absolute atomic E-state index is 0.0723. The van der Waals surface area contributed by atoms with Crippen LogP contribution in [0.1, 0.15) is 26.3 Å². The number of halogens is 3. The van der Waals surface area contributed by atoms with Gasteiger partial charge in [-0.3, -0.25) is 9.59 Å². The predicted octanol–water partition coefficient (Wildman–Crippen LogP) is 5.24. The van der Waals surface area contributed by atoms with E-state index in [9.17, 15) is 27.5 Å². The molecule has 2 amide bonds. The molecule has 13 heteroatoms. The highest BCUT2D eigenvalue weighted by Gasteiger charge is 2.22. The van der Waals surface area contributed by atoms with Crippen molar-refractivity contribution in [2.75, 3.05) is 16.9 Å². The number of hydrogen-bond acceptors (Lipinski definition) is 6.